The number of hydrogen-bond acceptors (Lipinski definition) is 5. The Balaban J connectivity index is 2.63. The van der Waals surface area contributed by atoms with E-state index in [1.807, 2.05) is 0 Å². The normalized spacial score (nSPS) is 11.3. The van der Waals surface area contributed by atoms with Crippen LogP contribution in [-0.4, -0.2) is 34.2 Å². The summed E-state index contributed by atoms with van der Waals surface area (Å²) in [4.78, 5) is 32.7. The number of carbonyl (C=O) groups excluding carboxylic acids is 1. The molecule has 0 aliphatic rings. The van der Waals surface area contributed by atoms with Crippen LogP contribution in [0, 0.1) is 10.1 Å². The SMILES string of the molecule is CC(C)(C)OC(=O)NCCC=Cc1ccc(C(=O)O)cc1[N+](=O)[O-]. The van der Waals surface area contributed by atoms with Crippen LogP contribution in [0.1, 0.15) is 43.1 Å². The Labute approximate surface area is 139 Å². The lowest BCUT2D eigenvalue weighted by atomic mass is 10.1. The number of aromatic carboxylic acids is 1. The van der Waals surface area contributed by atoms with Gasteiger partial charge < -0.3 is 15.2 Å². The molecule has 0 saturated heterocycles. The molecular formula is C16H20N2O6. The number of nitro benzene ring substituents is 1. The molecule has 0 bridgehead atoms. The average molecular weight is 336 g/mol. The molecule has 0 radical (unpaired) electrons. The molecule has 1 rings (SSSR count). The highest BCUT2D eigenvalue weighted by molar-refractivity contribution is 5.89. The fourth-order valence-electron chi connectivity index (χ4n) is 1.76. The van der Waals surface area contributed by atoms with E-state index in [1.165, 1.54) is 18.2 Å². The van der Waals surface area contributed by atoms with E-state index < -0.39 is 22.6 Å². The third kappa shape index (κ3) is 6.47. The highest BCUT2D eigenvalue weighted by atomic mass is 16.6. The number of carboxylic acid groups (broad SMARTS) is 1. The molecule has 130 valence electrons. The Bertz CT molecular complexity index is 661. The molecule has 0 atom stereocenters. The summed E-state index contributed by atoms with van der Waals surface area (Å²) in [7, 11) is 0. The Morgan fingerprint density at radius 1 is 1.38 bits per heavy atom. The smallest absolute Gasteiger partial charge is 0.407 e. The van der Waals surface area contributed by atoms with Gasteiger partial charge in [-0.2, -0.15) is 0 Å². The van der Waals surface area contributed by atoms with E-state index >= 15 is 0 Å². The van der Waals surface area contributed by atoms with Gasteiger partial charge in [0, 0.05) is 12.6 Å². The van der Waals surface area contributed by atoms with Gasteiger partial charge in [0.05, 0.1) is 16.1 Å². The van der Waals surface area contributed by atoms with E-state index in [4.69, 9.17) is 9.84 Å². The Morgan fingerprint density at radius 3 is 2.58 bits per heavy atom. The zero-order chi connectivity index (χ0) is 18.3. The predicted molar refractivity (Wildman–Crippen MR) is 87.9 cm³/mol. The minimum absolute atomic E-state index is 0.148. The van der Waals surface area contributed by atoms with Crippen LogP contribution in [0.15, 0.2) is 24.3 Å². The quantitative estimate of drug-likeness (QED) is 0.467. The third-order valence-corrected chi connectivity index (χ3v) is 2.75. The molecule has 0 saturated carbocycles. The first-order valence-corrected chi connectivity index (χ1v) is 7.25. The number of nitrogens with zero attached hydrogens (tertiary/aromatic N) is 1. The second kappa shape index (κ2) is 8.09. The maximum Gasteiger partial charge on any atom is 0.407 e. The second-order valence-corrected chi connectivity index (χ2v) is 5.96. The molecule has 8 heteroatoms. The van der Waals surface area contributed by atoms with Gasteiger partial charge in [-0.3, -0.25) is 10.1 Å². The van der Waals surface area contributed by atoms with Crippen molar-refractivity contribution < 1.29 is 24.4 Å². The topological polar surface area (TPSA) is 119 Å². The number of nitrogens with one attached hydrogen (secondary N) is 1. The number of ether oxygens (including phenoxy) is 1. The van der Waals surface area contributed by atoms with Crippen molar-refractivity contribution in [2.45, 2.75) is 32.8 Å². The zero-order valence-corrected chi connectivity index (χ0v) is 13.7. The van der Waals surface area contributed by atoms with Crippen molar-refractivity contribution >= 4 is 23.8 Å². The van der Waals surface area contributed by atoms with Crippen molar-refractivity contribution in [2.75, 3.05) is 6.54 Å². The van der Waals surface area contributed by atoms with Gasteiger partial charge in [0.1, 0.15) is 5.60 Å². The largest absolute Gasteiger partial charge is 0.478 e. The van der Waals surface area contributed by atoms with Crippen LogP contribution >= 0.6 is 0 Å². The molecule has 2 N–H and O–H groups in total. The fraction of sp³-hybridized carbons (Fsp3) is 0.375. The standard InChI is InChI=1S/C16H20N2O6/c1-16(2,3)24-15(21)17-9-5-4-6-11-7-8-12(14(19)20)10-13(11)18(22)23/h4,6-8,10H,5,9H2,1-3H3,(H,17,21)(H,19,20). The summed E-state index contributed by atoms with van der Waals surface area (Å²) in [5.41, 5.74) is -0.717. The van der Waals surface area contributed by atoms with Crippen LogP contribution in [0.2, 0.25) is 0 Å². The summed E-state index contributed by atoms with van der Waals surface area (Å²) >= 11 is 0. The number of nitro groups is 1. The fourth-order valence-corrected chi connectivity index (χ4v) is 1.76. The Morgan fingerprint density at radius 2 is 2.04 bits per heavy atom. The Hall–Kier alpha value is -2.90. The van der Waals surface area contributed by atoms with Gasteiger partial charge in [-0.1, -0.05) is 12.2 Å². The van der Waals surface area contributed by atoms with E-state index in [0.717, 1.165) is 6.07 Å². The predicted octanol–water partition coefficient (Wildman–Crippen LogP) is 3.22. The molecule has 0 aliphatic heterocycles. The first-order chi connectivity index (χ1) is 11.1. The molecule has 0 spiro atoms. The van der Waals surface area contributed by atoms with Crippen molar-refractivity contribution in [1.29, 1.82) is 0 Å². The summed E-state index contributed by atoms with van der Waals surface area (Å²) in [5.74, 6) is -1.23. The van der Waals surface area contributed by atoms with Crippen LogP contribution in [0.5, 0.6) is 0 Å². The van der Waals surface area contributed by atoms with Crippen molar-refractivity contribution in [3.05, 3.63) is 45.5 Å². The van der Waals surface area contributed by atoms with Gasteiger partial charge in [0.2, 0.25) is 0 Å². The molecular weight excluding hydrogens is 316 g/mol. The van der Waals surface area contributed by atoms with Crippen LogP contribution in [0.25, 0.3) is 6.08 Å². The summed E-state index contributed by atoms with van der Waals surface area (Å²) < 4.78 is 5.07. The van der Waals surface area contributed by atoms with E-state index in [0.29, 0.717) is 18.5 Å². The number of carboxylic acids is 1. The summed E-state index contributed by atoms with van der Waals surface area (Å²) in [5, 5.41) is 22.4. The first kappa shape index (κ1) is 19.1. The van der Waals surface area contributed by atoms with Crippen molar-refractivity contribution in [3.8, 4) is 0 Å². The molecule has 1 amide bonds. The second-order valence-electron chi connectivity index (χ2n) is 5.96. The highest BCUT2D eigenvalue weighted by Gasteiger charge is 2.16. The molecule has 24 heavy (non-hydrogen) atoms. The molecule has 0 aromatic heterocycles. The van der Waals surface area contributed by atoms with Gasteiger partial charge >= 0.3 is 12.1 Å². The molecule has 0 heterocycles. The van der Waals surface area contributed by atoms with Crippen LogP contribution in [0.4, 0.5) is 10.5 Å². The number of amides is 1. The number of carbonyl (C=O) groups is 2. The molecule has 1 aromatic carbocycles. The van der Waals surface area contributed by atoms with Gasteiger partial charge in [0.25, 0.3) is 5.69 Å². The van der Waals surface area contributed by atoms with Crippen molar-refractivity contribution in [1.82, 2.24) is 5.32 Å². The maximum atomic E-state index is 11.4. The van der Waals surface area contributed by atoms with Crippen LogP contribution in [0.3, 0.4) is 0 Å². The van der Waals surface area contributed by atoms with Crippen LogP contribution in [-0.2, 0) is 4.74 Å². The minimum atomic E-state index is -1.23. The number of rotatable bonds is 6. The van der Waals surface area contributed by atoms with E-state index in [1.54, 1.807) is 26.8 Å². The van der Waals surface area contributed by atoms with Gasteiger partial charge in [0.15, 0.2) is 0 Å². The van der Waals surface area contributed by atoms with Gasteiger partial charge in [-0.25, -0.2) is 9.59 Å². The number of alkyl carbamates (subject to hydrolysis) is 1. The van der Waals surface area contributed by atoms with Crippen molar-refractivity contribution in [3.63, 3.8) is 0 Å². The summed E-state index contributed by atoms with van der Waals surface area (Å²) in [6.07, 6.45) is 3.07. The lowest BCUT2D eigenvalue weighted by Gasteiger charge is -2.19. The zero-order valence-electron chi connectivity index (χ0n) is 13.7. The Kier molecular flexibility index (Phi) is 6.46. The molecule has 0 fully saturated rings. The summed E-state index contributed by atoms with van der Waals surface area (Å²) in [6.45, 7) is 5.58. The van der Waals surface area contributed by atoms with Gasteiger partial charge in [-0.15, -0.1) is 0 Å². The van der Waals surface area contributed by atoms with Gasteiger partial charge in [-0.05, 0) is 39.3 Å². The van der Waals surface area contributed by atoms with E-state index in [2.05, 4.69) is 5.32 Å². The maximum absolute atomic E-state index is 11.4. The first-order valence-electron chi connectivity index (χ1n) is 7.25. The van der Waals surface area contributed by atoms with Crippen LogP contribution < -0.4 is 5.32 Å². The molecule has 0 aliphatic carbocycles. The molecule has 8 nitrogen and oxygen atoms in total. The highest BCUT2D eigenvalue weighted by Crippen LogP contribution is 2.22. The summed E-state index contributed by atoms with van der Waals surface area (Å²) in [6, 6.07) is 3.69. The molecule has 0 unspecified atom stereocenters. The lowest BCUT2D eigenvalue weighted by molar-refractivity contribution is -0.385. The van der Waals surface area contributed by atoms with E-state index in [9.17, 15) is 19.7 Å². The number of benzene rings is 1. The van der Waals surface area contributed by atoms with E-state index in [-0.39, 0.29) is 11.3 Å². The third-order valence-electron chi connectivity index (χ3n) is 2.75. The molecule has 1 aromatic rings. The van der Waals surface area contributed by atoms with Crippen molar-refractivity contribution in [2.24, 2.45) is 0 Å². The minimum Gasteiger partial charge on any atom is -0.478 e. The average Bonchev–Trinajstić information content (AvgIpc) is 2.44. The number of hydrogen-bond donors (Lipinski definition) is 2. The monoisotopic (exact) mass is 336 g/mol. The lowest BCUT2D eigenvalue weighted by Crippen LogP contribution is -2.32.